The molecule has 0 saturated carbocycles. The largest absolute Gasteiger partial charge is 0.493 e. The Labute approximate surface area is 241 Å². The lowest BCUT2D eigenvalue weighted by molar-refractivity contribution is -0.126. The second-order valence-electron chi connectivity index (χ2n) is 9.80. The molecule has 0 aliphatic carbocycles. The molecule has 0 bridgehead atoms. The van der Waals surface area contributed by atoms with Crippen molar-refractivity contribution >= 4 is 39.1 Å². The molecule has 0 aromatic heterocycles. The van der Waals surface area contributed by atoms with Crippen molar-refractivity contribution in [1.29, 1.82) is 0 Å². The van der Waals surface area contributed by atoms with E-state index in [4.69, 9.17) is 14.3 Å². The lowest BCUT2D eigenvalue weighted by Crippen LogP contribution is -2.37. The van der Waals surface area contributed by atoms with Crippen LogP contribution in [0, 0.1) is 12.8 Å². The highest BCUT2D eigenvalue weighted by Gasteiger charge is 2.60. The summed E-state index contributed by atoms with van der Waals surface area (Å²) in [5, 5.41) is 1.67. The molecule has 3 unspecified atom stereocenters. The van der Waals surface area contributed by atoms with Crippen molar-refractivity contribution in [2.24, 2.45) is 5.92 Å². The van der Waals surface area contributed by atoms with Crippen LogP contribution in [0.2, 0.25) is 0 Å². The van der Waals surface area contributed by atoms with E-state index in [2.05, 4.69) is 15.9 Å². The molecule has 2 saturated heterocycles. The van der Waals surface area contributed by atoms with Gasteiger partial charge in [-0.1, -0.05) is 82.2 Å². The Morgan fingerprint density at radius 3 is 2.17 bits per heavy atom. The SMILES string of the molecule is COc1cc(C2C3C(=O)N(c4ccc(C)cc4)C(=O)C3ON2c2ccccc2)c(Br)cc1OCc1ccccc1. The van der Waals surface area contributed by atoms with Crippen LogP contribution >= 0.6 is 15.9 Å². The molecule has 7 nitrogen and oxygen atoms in total. The van der Waals surface area contributed by atoms with E-state index in [0.29, 0.717) is 28.3 Å². The molecule has 2 heterocycles. The fourth-order valence-corrected chi connectivity index (χ4v) is 5.82. The third kappa shape index (κ3) is 4.63. The zero-order chi connectivity index (χ0) is 27.8. The maximum absolute atomic E-state index is 14.0. The predicted octanol–water partition coefficient (Wildman–Crippen LogP) is 6.40. The van der Waals surface area contributed by atoms with Crippen molar-refractivity contribution in [3.05, 3.63) is 118 Å². The molecular weight excluding hydrogens is 572 g/mol. The van der Waals surface area contributed by atoms with Gasteiger partial charge in [0.25, 0.3) is 5.91 Å². The Morgan fingerprint density at radius 2 is 1.50 bits per heavy atom. The van der Waals surface area contributed by atoms with Gasteiger partial charge in [0.15, 0.2) is 17.6 Å². The number of rotatable bonds is 7. The van der Waals surface area contributed by atoms with E-state index >= 15 is 0 Å². The van der Waals surface area contributed by atoms with Crippen molar-refractivity contribution < 1.29 is 23.9 Å². The van der Waals surface area contributed by atoms with E-state index in [1.54, 1.807) is 24.3 Å². The van der Waals surface area contributed by atoms with Gasteiger partial charge < -0.3 is 9.47 Å². The van der Waals surface area contributed by atoms with Crippen molar-refractivity contribution in [1.82, 2.24) is 0 Å². The first-order valence-corrected chi connectivity index (χ1v) is 13.7. The first-order valence-electron chi connectivity index (χ1n) is 13.0. The number of hydrogen-bond acceptors (Lipinski definition) is 6. The Balaban J connectivity index is 1.40. The molecule has 2 fully saturated rings. The number of ether oxygens (including phenoxy) is 2. The second kappa shape index (κ2) is 10.8. The first kappa shape index (κ1) is 26.1. The third-order valence-electron chi connectivity index (χ3n) is 7.26. The number of anilines is 2. The van der Waals surface area contributed by atoms with E-state index in [1.807, 2.05) is 91.9 Å². The molecule has 4 aromatic rings. The van der Waals surface area contributed by atoms with Crippen LogP contribution in [0.25, 0.3) is 0 Å². The van der Waals surface area contributed by atoms with Crippen LogP contribution in [-0.4, -0.2) is 25.0 Å². The summed E-state index contributed by atoms with van der Waals surface area (Å²) < 4.78 is 12.5. The van der Waals surface area contributed by atoms with Gasteiger partial charge >= 0.3 is 0 Å². The highest BCUT2D eigenvalue weighted by atomic mass is 79.9. The molecule has 2 amide bonds. The van der Waals surface area contributed by atoms with Crippen LogP contribution in [0.1, 0.15) is 22.7 Å². The number of benzene rings is 4. The van der Waals surface area contributed by atoms with Gasteiger partial charge in [-0.2, -0.15) is 0 Å². The highest BCUT2D eigenvalue weighted by molar-refractivity contribution is 9.10. The second-order valence-corrected chi connectivity index (χ2v) is 10.7. The monoisotopic (exact) mass is 598 g/mol. The zero-order valence-corrected chi connectivity index (χ0v) is 23.6. The summed E-state index contributed by atoms with van der Waals surface area (Å²) in [6.45, 7) is 2.33. The quantitative estimate of drug-likeness (QED) is 0.229. The topological polar surface area (TPSA) is 68.3 Å². The molecule has 4 aromatic carbocycles. The molecule has 2 aliphatic rings. The Hall–Kier alpha value is -4.14. The van der Waals surface area contributed by atoms with Gasteiger partial charge in [-0.25, -0.2) is 9.96 Å². The number of hydroxylamine groups is 1. The minimum Gasteiger partial charge on any atom is -0.493 e. The van der Waals surface area contributed by atoms with Crippen molar-refractivity contribution in [2.75, 3.05) is 17.1 Å². The number of fused-ring (bicyclic) bond motifs is 1. The van der Waals surface area contributed by atoms with E-state index in [9.17, 15) is 9.59 Å². The molecule has 202 valence electrons. The number of methoxy groups -OCH3 is 1. The van der Waals surface area contributed by atoms with Crippen LogP contribution in [0.3, 0.4) is 0 Å². The number of para-hydroxylation sites is 1. The number of carbonyl (C=O) groups is 2. The van der Waals surface area contributed by atoms with Gasteiger partial charge in [0.1, 0.15) is 12.5 Å². The lowest BCUT2D eigenvalue weighted by atomic mass is 9.90. The highest BCUT2D eigenvalue weighted by Crippen LogP contribution is 2.50. The van der Waals surface area contributed by atoms with Gasteiger partial charge in [0.2, 0.25) is 5.91 Å². The fourth-order valence-electron chi connectivity index (χ4n) is 5.26. The molecule has 0 spiro atoms. The number of halogens is 1. The minimum absolute atomic E-state index is 0.308. The van der Waals surface area contributed by atoms with Gasteiger partial charge in [0.05, 0.1) is 24.5 Å². The summed E-state index contributed by atoms with van der Waals surface area (Å²) >= 11 is 3.72. The zero-order valence-electron chi connectivity index (χ0n) is 22.0. The summed E-state index contributed by atoms with van der Waals surface area (Å²) in [4.78, 5) is 35.1. The molecule has 8 heteroatoms. The van der Waals surface area contributed by atoms with Crippen molar-refractivity contribution in [3.63, 3.8) is 0 Å². The van der Waals surface area contributed by atoms with Crippen molar-refractivity contribution in [3.8, 4) is 11.5 Å². The van der Waals surface area contributed by atoms with E-state index < -0.39 is 18.1 Å². The van der Waals surface area contributed by atoms with E-state index in [-0.39, 0.29) is 11.8 Å². The first-order chi connectivity index (χ1) is 19.5. The van der Waals surface area contributed by atoms with Gasteiger partial charge in [-0.3, -0.25) is 14.4 Å². The Morgan fingerprint density at radius 1 is 0.825 bits per heavy atom. The lowest BCUT2D eigenvalue weighted by Gasteiger charge is -2.30. The molecule has 3 atom stereocenters. The average molecular weight is 599 g/mol. The van der Waals surface area contributed by atoms with E-state index in [0.717, 1.165) is 22.4 Å². The maximum atomic E-state index is 14.0. The third-order valence-corrected chi connectivity index (χ3v) is 7.94. The number of carbonyl (C=O) groups excluding carboxylic acids is 2. The Bertz CT molecular complexity index is 1550. The Kier molecular flexibility index (Phi) is 7.04. The molecule has 0 radical (unpaired) electrons. The van der Waals surface area contributed by atoms with Crippen molar-refractivity contribution in [2.45, 2.75) is 25.7 Å². The minimum atomic E-state index is -0.967. The predicted molar refractivity (Wildman–Crippen MR) is 155 cm³/mol. The number of imide groups is 1. The smallest absolute Gasteiger partial charge is 0.266 e. The molecule has 6 rings (SSSR count). The number of nitrogens with zero attached hydrogens (tertiary/aromatic N) is 2. The van der Waals surface area contributed by atoms with Crippen LogP contribution in [0.15, 0.2) is 102 Å². The average Bonchev–Trinajstić information content (AvgIpc) is 3.49. The molecule has 40 heavy (non-hydrogen) atoms. The molecule has 2 aliphatic heterocycles. The number of hydrogen-bond donors (Lipinski definition) is 0. The summed E-state index contributed by atoms with van der Waals surface area (Å²) in [5.74, 6) is -0.395. The molecule has 0 N–H and O–H groups in total. The summed E-state index contributed by atoms with van der Waals surface area (Å²) in [7, 11) is 1.58. The van der Waals surface area contributed by atoms with Gasteiger partial charge in [0, 0.05) is 4.47 Å². The standard InChI is InChI=1S/C32H27BrN2O5/c1-20-13-15-22(16-14-20)34-31(36)28-29(35(40-30(28)32(34)37)23-11-7-4-8-12-23)24-17-26(38-2)27(18-25(24)33)39-19-21-9-5-3-6-10-21/h3-18,28-30H,19H2,1-2H3. The summed E-state index contributed by atoms with van der Waals surface area (Å²) in [5.41, 5.74) is 4.08. The van der Waals surface area contributed by atoms with Gasteiger partial charge in [-0.05, 0) is 54.4 Å². The maximum Gasteiger partial charge on any atom is 0.266 e. The normalized spacial score (nSPS) is 20.1. The van der Waals surface area contributed by atoms with Crippen LogP contribution in [0.5, 0.6) is 11.5 Å². The summed E-state index contributed by atoms with van der Waals surface area (Å²) in [6, 6.07) is 29.8. The van der Waals surface area contributed by atoms with Crippen LogP contribution in [-0.2, 0) is 21.0 Å². The number of aryl methyl sites for hydroxylation is 1. The van der Waals surface area contributed by atoms with Gasteiger partial charge in [-0.15, -0.1) is 0 Å². The number of amides is 2. The summed E-state index contributed by atoms with van der Waals surface area (Å²) in [6.07, 6.45) is -0.967. The van der Waals surface area contributed by atoms with E-state index in [1.165, 1.54) is 4.90 Å². The van der Waals surface area contributed by atoms with Crippen LogP contribution in [0.4, 0.5) is 11.4 Å². The molecular formula is C32H27BrN2O5. The fraction of sp³-hybridized carbons (Fsp3) is 0.188. The van der Waals surface area contributed by atoms with Crippen LogP contribution < -0.4 is 19.4 Å².